The van der Waals surface area contributed by atoms with Gasteiger partial charge >= 0.3 is 0 Å². The van der Waals surface area contributed by atoms with E-state index in [1.165, 1.54) is 18.3 Å². The van der Waals surface area contributed by atoms with Crippen molar-refractivity contribution in [2.24, 2.45) is 0 Å². The fraction of sp³-hybridized carbons (Fsp3) is 0.176. The van der Waals surface area contributed by atoms with Gasteiger partial charge in [-0.25, -0.2) is 4.98 Å². The quantitative estimate of drug-likeness (QED) is 0.764. The Kier molecular flexibility index (Phi) is 4.52. The van der Waals surface area contributed by atoms with Crippen molar-refractivity contribution >= 4 is 22.9 Å². The number of carbonyl (C=O) groups excluding carboxylic acids is 1. The Labute approximate surface area is 142 Å². The number of aromatic amines is 1. The zero-order valence-electron chi connectivity index (χ0n) is 13.3. The van der Waals surface area contributed by atoms with Gasteiger partial charge in [0.05, 0.1) is 16.9 Å². The highest BCUT2D eigenvalue weighted by molar-refractivity contribution is 7.13. The highest BCUT2D eigenvalue weighted by atomic mass is 32.1. The van der Waals surface area contributed by atoms with Crippen molar-refractivity contribution < 1.29 is 4.79 Å². The second-order valence-electron chi connectivity index (χ2n) is 5.21. The molecule has 0 aliphatic carbocycles. The number of aromatic nitrogens is 3. The van der Waals surface area contributed by atoms with Crippen LogP contribution in [0.1, 0.15) is 19.5 Å². The summed E-state index contributed by atoms with van der Waals surface area (Å²) in [6, 6.07) is 5.43. The Balaban J connectivity index is 2.05. The van der Waals surface area contributed by atoms with E-state index in [1.807, 2.05) is 24.4 Å². The van der Waals surface area contributed by atoms with Crippen LogP contribution in [0.15, 0.2) is 40.8 Å². The summed E-state index contributed by atoms with van der Waals surface area (Å²) in [6.45, 7) is 3.36. The van der Waals surface area contributed by atoms with Crippen LogP contribution in [0.5, 0.6) is 0 Å². The third kappa shape index (κ3) is 3.26. The highest BCUT2D eigenvalue weighted by Gasteiger charge is 2.14. The van der Waals surface area contributed by atoms with Crippen molar-refractivity contribution in [1.82, 2.24) is 15.0 Å². The Morgan fingerprint density at radius 2 is 2.08 bits per heavy atom. The average molecular weight is 340 g/mol. The molecule has 6 nitrogen and oxygen atoms in total. The smallest absolute Gasteiger partial charge is 0.257 e. The molecule has 0 spiro atoms. The summed E-state index contributed by atoms with van der Waals surface area (Å²) >= 11 is 1.46. The summed E-state index contributed by atoms with van der Waals surface area (Å²) in [5.74, 6) is -0.182. The van der Waals surface area contributed by atoms with Gasteiger partial charge in [-0.1, -0.05) is 6.92 Å². The number of thiazole rings is 1. The number of carbonyl (C=O) groups is 1. The molecular weight excluding hydrogens is 324 g/mol. The van der Waals surface area contributed by atoms with Crippen LogP contribution in [0.25, 0.3) is 21.8 Å². The second-order valence-corrected chi connectivity index (χ2v) is 6.07. The largest absolute Gasteiger partial charge is 0.325 e. The number of nitrogens with zero attached hydrogens (tertiary/aromatic N) is 2. The van der Waals surface area contributed by atoms with Crippen LogP contribution in [0.2, 0.25) is 0 Å². The molecule has 0 aliphatic heterocycles. The Morgan fingerprint density at radius 3 is 2.75 bits per heavy atom. The van der Waals surface area contributed by atoms with Crippen molar-refractivity contribution in [1.29, 1.82) is 0 Å². The van der Waals surface area contributed by atoms with Gasteiger partial charge in [0.1, 0.15) is 5.01 Å². The molecular formula is C17H16N4O2S. The number of aryl methyl sites for hydroxylation is 1. The number of H-pyrrole nitrogens is 1. The minimum atomic E-state index is -0.215. The number of anilines is 1. The van der Waals surface area contributed by atoms with Crippen molar-refractivity contribution in [2.75, 3.05) is 5.32 Å². The molecule has 0 unspecified atom stereocenters. The van der Waals surface area contributed by atoms with Crippen LogP contribution in [-0.4, -0.2) is 20.9 Å². The molecule has 7 heteroatoms. The minimum absolute atomic E-state index is 0.182. The van der Waals surface area contributed by atoms with Gasteiger partial charge < -0.3 is 10.3 Å². The first kappa shape index (κ1) is 16.1. The molecule has 122 valence electrons. The van der Waals surface area contributed by atoms with E-state index in [9.17, 15) is 9.59 Å². The van der Waals surface area contributed by atoms with Crippen LogP contribution in [0.3, 0.4) is 0 Å². The standard InChI is InChI=1S/C17H16N4O2S/c1-3-13-14(19-10(2)22)8-12(16(23)20-13)15-9-24-17(21-15)11-4-6-18-7-5-11/h4-9H,3H2,1-2H3,(H,19,22)(H,20,23). The van der Waals surface area contributed by atoms with Crippen molar-refractivity contribution in [3.05, 3.63) is 52.0 Å². The molecule has 0 bridgehead atoms. The number of pyridine rings is 2. The van der Waals surface area contributed by atoms with Gasteiger partial charge in [0.15, 0.2) is 0 Å². The topological polar surface area (TPSA) is 87.7 Å². The third-order valence-corrected chi connectivity index (χ3v) is 4.39. The fourth-order valence-electron chi connectivity index (χ4n) is 2.36. The molecule has 24 heavy (non-hydrogen) atoms. The second kappa shape index (κ2) is 6.76. The maximum absolute atomic E-state index is 12.4. The molecule has 0 aromatic carbocycles. The van der Waals surface area contributed by atoms with Gasteiger partial charge in [-0.3, -0.25) is 14.6 Å². The van der Waals surface area contributed by atoms with E-state index < -0.39 is 0 Å². The van der Waals surface area contributed by atoms with Crippen LogP contribution in [0, 0.1) is 0 Å². The lowest BCUT2D eigenvalue weighted by Gasteiger charge is -2.09. The van der Waals surface area contributed by atoms with Crippen LogP contribution in [-0.2, 0) is 11.2 Å². The Hall–Kier alpha value is -2.80. The molecule has 0 radical (unpaired) electrons. The van der Waals surface area contributed by atoms with Crippen molar-refractivity contribution in [3.8, 4) is 21.8 Å². The molecule has 0 fully saturated rings. The fourth-order valence-corrected chi connectivity index (χ4v) is 3.19. The normalized spacial score (nSPS) is 10.6. The van der Waals surface area contributed by atoms with Crippen LogP contribution >= 0.6 is 11.3 Å². The number of hydrogen-bond acceptors (Lipinski definition) is 5. The zero-order valence-corrected chi connectivity index (χ0v) is 14.1. The monoisotopic (exact) mass is 340 g/mol. The molecule has 3 rings (SSSR count). The molecule has 2 N–H and O–H groups in total. The van der Waals surface area contributed by atoms with Gasteiger partial charge in [-0.2, -0.15) is 0 Å². The zero-order chi connectivity index (χ0) is 17.1. The lowest BCUT2D eigenvalue weighted by Crippen LogP contribution is -2.16. The van der Waals surface area contributed by atoms with Gasteiger partial charge in [0.25, 0.3) is 5.56 Å². The SMILES string of the molecule is CCc1[nH]c(=O)c(-c2csc(-c3ccncc3)n2)cc1NC(C)=O. The number of rotatable bonds is 4. The predicted octanol–water partition coefficient (Wildman–Crippen LogP) is 3.08. The summed E-state index contributed by atoms with van der Waals surface area (Å²) in [5, 5.41) is 5.41. The first-order chi connectivity index (χ1) is 11.6. The Morgan fingerprint density at radius 1 is 1.33 bits per heavy atom. The van der Waals surface area contributed by atoms with E-state index in [2.05, 4.69) is 20.3 Å². The summed E-state index contributed by atoms with van der Waals surface area (Å²) in [6.07, 6.45) is 4.02. The van der Waals surface area contributed by atoms with Crippen LogP contribution in [0.4, 0.5) is 5.69 Å². The average Bonchev–Trinajstić information content (AvgIpc) is 3.06. The summed E-state index contributed by atoms with van der Waals surface area (Å²) < 4.78 is 0. The van der Waals surface area contributed by atoms with E-state index in [0.717, 1.165) is 10.6 Å². The summed E-state index contributed by atoms with van der Waals surface area (Å²) in [5.41, 5.74) is 3.06. The molecule has 0 saturated heterocycles. The number of hydrogen-bond donors (Lipinski definition) is 2. The van der Waals surface area contributed by atoms with E-state index in [4.69, 9.17) is 0 Å². The molecule has 0 saturated carbocycles. The lowest BCUT2D eigenvalue weighted by atomic mass is 10.1. The number of amides is 1. The van der Waals surface area contributed by atoms with Crippen molar-refractivity contribution in [3.63, 3.8) is 0 Å². The number of nitrogens with one attached hydrogen (secondary N) is 2. The van der Waals surface area contributed by atoms with E-state index in [0.29, 0.717) is 29.1 Å². The van der Waals surface area contributed by atoms with Gasteiger partial charge in [0, 0.05) is 36.0 Å². The van der Waals surface area contributed by atoms with Crippen LogP contribution < -0.4 is 10.9 Å². The first-order valence-corrected chi connectivity index (χ1v) is 8.36. The van der Waals surface area contributed by atoms with E-state index in [-0.39, 0.29) is 11.5 Å². The van der Waals surface area contributed by atoms with Gasteiger partial charge in [0.2, 0.25) is 5.91 Å². The van der Waals surface area contributed by atoms with Gasteiger partial charge in [-0.15, -0.1) is 11.3 Å². The maximum Gasteiger partial charge on any atom is 0.257 e. The van der Waals surface area contributed by atoms with Crippen molar-refractivity contribution in [2.45, 2.75) is 20.3 Å². The Bertz CT molecular complexity index is 931. The van der Waals surface area contributed by atoms with E-state index >= 15 is 0 Å². The molecule has 3 aromatic heterocycles. The van der Waals surface area contributed by atoms with E-state index in [1.54, 1.807) is 18.5 Å². The molecule has 0 aliphatic rings. The summed E-state index contributed by atoms with van der Waals surface area (Å²) in [4.78, 5) is 35.1. The lowest BCUT2D eigenvalue weighted by molar-refractivity contribution is -0.114. The molecule has 0 atom stereocenters. The third-order valence-electron chi connectivity index (χ3n) is 3.49. The predicted molar refractivity (Wildman–Crippen MR) is 95.1 cm³/mol. The summed E-state index contributed by atoms with van der Waals surface area (Å²) in [7, 11) is 0. The first-order valence-electron chi connectivity index (χ1n) is 7.48. The van der Waals surface area contributed by atoms with Gasteiger partial charge in [-0.05, 0) is 24.6 Å². The maximum atomic E-state index is 12.4. The minimum Gasteiger partial charge on any atom is -0.325 e. The molecule has 3 heterocycles. The highest BCUT2D eigenvalue weighted by Crippen LogP contribution is 2.28. The molecule has 3 aromatic rings. The molecule has 1 amide bonds.